The van der Waals surface area contributed by atoms with Crippen molar-refractivity contribution in [1.29, 1.82) is 0 Å². The largest absolute Gasteiger partial charge is 0.497 e. The molecule has 0 saturated carbocycles. The lowest BCUT2D eigenvalue weighted by molar-refractivity contribution is -0.164. The first-order valence-corrected chi connectivity index (χ1v) is 10.6. The van der Waals surface area contributed by atoms with E-state index in [-0.39, 0.29) is 11.3 Å². The van der Waals surface area contributed by atoms with Gasteiger partial charge in [0.1, 0.15) is 11.7 Å². The van der Waals surface area contributed by atoms with Crippen molar-refractivity contribution in [2.24, 2.45) is 11.8 Å². The lowest BCUT2D eigenvalue weighted by atomic mass is 9.75. The zero-order chi connectivity index (χ0) is 25.8. The summed E-state index contributed by atoms with van der Waals surface area (Å²) >= 11 is 0. The maximum absolute atomic E-state index is 13.7. The van der Waals surface area contributed by atoms with E-state index in [2.05, 4.69) is 0 Å². The van der Waals surface area contributed by atoms with Crippen molar-refractivity contribution in [3.8, 4) is 5.75 Å². The van der Waals surface area contributed by atoms with Crippen LogP contribution in [0, 0.1) is 11.8 Å². The summed E-state index contributed by atoms with van der Waals surface area (Å²) < 4.78 is 19.9. The number of carbonyl (C=O) groups excluding carboxylic acids is 5. The van der Waals surface area contributed by atoms with Gasteiger partial charge in [-0.05, 0) is 24.3 Å². The normalized spacial score (nSPS) is 18.5. The Morgan fingerprint density at radius 2 is 1.40 bits per heavy atom. The molecule has 1 aliphatic heterocycles. The summed E-state index contributed by atoms with van der Waals surface area (Å²) in [5.41, 5.74) is -2.11. The number of nitrogens with zero attached hydrogens (tertiary/aromatic N) is 1. The molecule has 10 nitrogen and oxygen atoms in total. The van der Waals surface area contributed by atoms with Crippen LogP contribution in [0.4, 0.5) is 5.69 Å². The summed E-state index contributed by atoms with van der Waals surface area (Å²) in [7, 11) is 4.58. The molecule has 0 unspecified atom stereocenters. The van der Waals surface area contributed by atoms with Gasteiger partial charge in [-0.3, -0.25) is 19.3 Å². The SMILES string of the molecule is COC(=O)[C@H]1C(=O)N(c2ccc(OC)cc2)C(C(=O)OC)(C(=O)OC)[C@@H]1CC(=O)c1ccccc1. The fourth-order valence-electron chi connectivity index (χ4n) is 4.43. The molecule has 35 heavy (non-hydrogen) atoms. The van der Waals surface area contributed by atoms with E-state index in [4.69, 9.17) is 18.9 Å². The van der Waals surface area contributed by atoms with Gasteiger partial charge in [0, 0.05) is 23.6 Å². The van der Waals surface area contributed by atoms with Gasteiger partial charge in [0.25, 0.3) is 0 Å². The second-order valence-electron chi connectivity index (χ2n) is 7.72. The molecule has 0 aromatic heterocycles. The Labute approximate surface area is 201 Å². The summed E-state index contributed by atoms with van der Waals surface area (Å²) in [5.74, 6) is -7.44. The van der Waals surface area contributed by atoms with Crippen molar-refractivity contribution in [3.63, 3.8) is 0 Å². The van der Waals surface area contributed by atoms with Gasteiger partial charge >= 0.3 is 17.9 Å². The lowest BCUT2D eigenvalue weighted by Gasteiger charge is -2.36. The number of ketones is 1. The Kier molecular flexibility index (Phi) is 7.53. The molecule has 0 radical (unpaired) electrons. The zero-order valence-electron chi connectivity index (χ0n) is 19.7. The number of anilines is 1. The van der Waals surface area contributed by atoms with Crippen molar-refractivity contribution in [2.75, 3.05) is 33.3 Å². The third-order valence-corrected chi connectivity index (χ3v) is 6.06. The first-order chi connectivity index (χ1) is 16.8. The highest BCUT2D eigenvalue weighted by Crippen LogP contribution is 2.47. The number of hydrogen-bond donors (Lipinski definition) is 0. The van der Waals surface area contributed by atoms with Crippen LogP contribution >= 0.6 is 0 Å². The molecule has 1 aliphatic rings. The number of rotatable bonds is 8. The fraction of sp³-hybridized carbons (Fsp3) is 0.320. The number of hydrogen-bond acceptors (Lipinski definition) is 9. The number of benzene rings is 2. The van der Waals surface area contributed by atoms with E-state index in [0.717, 1.165) is 26.2 Å². The molecule has 2 aromatic rings. The van der Waals surface area contributed by atoms with Gasteiger partial charge in [-0.1, -0.05) is 30.3 Å². The van der Waals surface area contributed by atoms with Gasteiger partial charge in [0.15, 0.2) is 5.78 Å². The second kappa shape index (κ2) is 10.4. The van der Waals surface area contributed by atoms with Gasteiger partial charge in [0.05, 0.1) is 28.4 Å². The minimum Gasteiger partial charge on any atom is -0.497 e. The molecule has 0 spiro atoms. The molecule has 184 valence electrons. The van der Waals surface area contributed by atoms with Crippen LogP contribution in [0.1, 0.15) is 16.8 Å². The first-order valence-electron chi connectivity index (χ1n) is 10.6. The highest BCUT2D eigenvalue weighted by atomic mass is 16.6. The molecule has 0 bridgehead atoms. The Morgan fingerprint density at radius 3 is 1.89 bits per heavy atom. The summed E-state index contributed by atoms with van der Waals surface area (Å²) in [5, 5.41) is 0. The molecule has 3 rings (SSSR count). The van der Waals surface area contributed by atoms with E-state index in [1.54, 1.807) is 30.3 Å². The fourth-order valence-corrected chi connectivity index (χ4v) is 4.43. The van der Waals surface area contributed by atoms with Gasteiger partial charge in [-0.15, -0.1) is 0 Å². The summed E-state index contributed by atoms with van der Waals surface area (Å²) in [6.45, 7) is 0. The van der Waals surface area contributed by atoms with Crippen LogP contribution in [0.5, 0.6) is 5.75 Å². The number of ether oxygens (including phenoxy) is 4. The Bertz CT molecular complexity index is 1110. The van der Waals surface area contributed by atoms with E-state index in [9.17, 15) is 24.0 Å². The molecule has 0 N–H and O–H groups in total. The van der Waals surface area contributed by atoms with Crippen LogP contribution in [0.3, 0.4) is 0 Å². The van der Waals surface area contributed by atoms with Crippen molar-refractivity contribution >= 4 is 35.3 Å². The number of Topliss-reactive ketones (excluding diaryl/α,β-unsaturated/α-hetero) is 1. The predicted molar refractivity (Wildman–Crippen MR) is 122 cm³/mol. The van der Waals surface area contributed by atoms with Gasteiger partial charge in [-0.25, -0.2) is 9.59 Å². The van der Waals surface area contributed by atoms with Crippen LogP contribution in [0.25, 0.3) is 0 Å². The standard InChI is InChI=1S/C25H25NO9/c1-32-17-12-10-16(11-13-17)26-21(28)20(22(29)33-2)18(14-19(27)15-8-6-5-7-9-15)25(26,23(30)34-3)24(31)35-4/h5-13,18,20H,14H2,1-4H3/t18-,20-/m1/s1. The molecule has 2 aromatic carbocycles. The topological polar surface area (TPSA) is 126 Å². The highest BCUT2D eigenvalue weighted by molar-refractivity contribution is 6.23. The minimum absolute atomic E-state index is 0.0927. The van der Waals surface area contributed by atoms with Crippen molar-refractivity contribution < 1.29 is 42.9 Å². The number of esters is 3. The maximum atomic E-state index is 13.7. The number of carbonyl (C=O) groups is 5. The van der Waals surface area contributed by atoms with Gasteiger partial charge < -0.3 is 18.9 Å². The highest BCUT2D eigenvalue weighted by Gasteiger charge is 2.71. The van der Waals surface area contributed by atoms with Gasteiger partial charge in [0.2, 0.25) is 11.4 Å². The average molecular weight is 483 g/mol. The van der Waals surface area contributed by atoms with Crippen LogP contribution in [0.15, 0.2) is 54.6 Å². The smallest absolute Gasteiger partial charge is 0.344 e. The molecule has 1 fully saturated rings. The molecule has 1 saturated heterocycles. The summed E-state index contributed by atoms with van der Waals surface area (Å²) in [6, 6.07) is 14.0. The molecular weight excluding hydrogens is 458 g/mol. The van der Waals surface area contributed by atoms with E-state index < -0.39 is 53.4 Å². The second-order valence-corrected chi connectivity index (χ2v) is 7.72. The van der Waals surface area contributed by atoms with E-state index in [1.165, 1.54) is 31.4 Å². The first kappa shape index (κ1) is 25.4. The lowest BCUT2D eigenvalue weighted by Crippen LogP contribution is -2.62. The monoisotopic (exact) mass is 483 g/mol. The van der Waals surface area contributed by atoms with E-state index in [1.807, 2.05) is 0 Å². The van der Waals surface area contributed by atoms with E-state index >= 15 is 0 Å². The molecule has 2 atom stereocenters. The third-order valence-electron chi connectivity index (χ3n) is 6.06. The summed E-state index contributed by atoms with van der Waals surface area (Å²) in [6.07, 6.45) is -0.521. The molecular formula is C25H25NO9. The van der Waals surface area contributed by atoms with Crippen molar-refractivity contribution in [3.05, 3.63) is 60.2 Å². The Hall–Kier alpha value is -4.21. The molecule has 1 heterocycles. The van der Waals surface area contributed by atoms with Crippen LogP contribution in [-0.4, -0.2) is 63.6 Å². The molecule has 1 amide bonds. The summed E-state index contributed by atoms with van der Waals surface area (Å²) in [4.78, 5) is 67.3. The quantitative estimate of drug-likeness (QED) is 0.239. The Morgan fingerprint density at radius 1 is 0.829 bits per heavy atom. The van der Waals surface area contributed by atoms with Crippen LogP contribution in [-0.2, 0) is 33.4 Å². The van der Waals surface area contributed by atoms with Crippen molar-refractivity contribution in [2.45, 2.75) is 12.0 Å². The number of amides is 1. The maximum Gasteiger partial charge on any atom is 0.344 e. The molecule has 0 aliphatic carbocycles. The third kappa shape index (κ3) is 4.23. The molecule has 10 heteroatoms. The van der Waals surface area contributed by atoms with Crippen molar-refractivity contribution in [1.82, 2.24) is 0 Å². The van der Waals surface area contributed by atoms with Gasteiger partial charge in [-0.2, -0.15) is 0 Å². The minimum atomic E-state index is -2.47. The van der Waals surface area contributed by atoms with E-state index in [0.29, 0.717) is 5.75 Å². The zero-order valence-corrected chi connectivity index (χ0v) is 19.7. The average Bonchev–Trinajstić information content (AvgIpc) is 3.16. The Balaban J connectivity index is 2.28. The van der Waals surface area contributed by atoms with Crippen LogP contribution < -0.4 is 9.64 Å². The number of methoxy groups -OCH3 is 4. The predicted octanol–water partition coefficient (Wildman–Crippen LogP) is 1.80. The van der Waals surface area contributed by atoms with Crippen LogP contribution in [0.2, 0.25) is 0 Å².